The topological polar surface area (TPSA) is 83.2 Å². The zero-order valence-electron chi connectivity index (χ0n) is 7.14. The predicted molar refractivity (Wildman–Crippen MR) is 35.1 cm³/mol. The summed E-state index contributed by atoms with van der Waals surface area (Å²) in [5.41, 5.74) is 0.153. The van der Waals surface area contributed by atoms with Crippen molar-refractivity contribution in [2.24, 2.45) is 0 Å². The fourth-order valence-electron chi connectivity index (χ4n) is 0.894. The first-order chi connectivity index (χ1) is 6.18. The molecule has 0 aliphatic carbocycles. The maximum atomic E-state index is 12.6. The van der Waals surface area contributed by atoms with Crippen LogP contribution < -0.4 is 34.7 Å². The summed E-state index contributed by atoms with van der Waals surface area (Å²) in [6.45, 7) is 0. The van der Waals surface area contributed by atoms with Crippen molar-refractivity contribution in [1.29, 1.82) is 0 Å². The Bertz CT molecular complexity index is 486. The van der Waals surface area contributed by atoms with Crippen LogP contribution >= 0.6 is 0 Å². The second-order valence-corrected chi connectivity index (χ2v) is 2.24. The molecule has 14 heavy (non-hydrogen) atoms. The average molecular weight is 204 g/mol. The van der Waals surface area contributed by atoms with Gasteiger partial charge in [0.15, 0.2) is 5.65 Å². The molecule has 0 unspecified atom stereocenters. The van der Waals surface area contributed by atoms with E-state index in [1.807, 2.05) is 0 Å². The normalized spacial score (nSPS) is 9.79. The number of nitrogens with zero attached hydrogens (tertiary/aromatic N) is 4. The van der Waals surface area contributed by atoms with Crippen LogP contribution in [-0.4, -0.2) is 25.8 Å². The van der Waals surface area contributed by atoms with Crippen molar-refractivity contribution in [3.05, 3.63) is 23.9 Å². The first-order valence-corrected chi connectivity index (χ1v) is 3.28. The number of carbonyl (C=O) groups excluding carboxylic acids is 1. The molecule has 0 bridgehead atoms. The maximum Gasteiger partial charge on any atom is 1.00 e. The van der Waals surface area contributed by atoms with Gasteiger partial charge in [0.2, 0.25) is 11.8 Å². The molecule has 0 aliphatic rings. The van der Waals surface area contributed by atoms with Gasteiger partial charge >= 0.3 is 29.6 Å². The van der Waals surface area contributed by atoms with Crippen molar-refractivity contribution < 1.29 is 43.8 Å². The van der Waals surface area contributed by atoms with Gasteiger partial charge in [-0.25, -0.2) is 0 Å². The van der Waals surface area contributed by atoms with Crippen molar-refractivity contribution in [2.45, 2.75) is 0 Å². The molecule has 0 amide bonds. The summed E-state index contributed by atoms with van der Waals surface area (Å²) >= 11 is 0. The van der Waals surface area contributed by atoms with Crippen LogP contribution in [0.2, 0.25) is 0 Å². The minimum Gasteiger partial charge on any atom is -0.541 e. The van der Waals surface area contributed by atoms with Gasteiger partial charge in [-0.3, -0.25) is 0 Å². The molecule has 6 nitrogen and oxygen atoms in total. The van der Waals surface area contributed by atoms with E-state index in [2.05, 4.69) is 15.3 Å². The Morgan fingerprint density at radius 3 is 2.79 bits per heavy atom. The quantitative estimate of drug-likeness (QED) is 0.438. The molecule has 8 heteroatoms. The fraction of sp³-hybridized carbons (Fsp3) is 0. The van der Waals surface area contributed by atoms with Gasteiger partial charge in [0.1, 0.15) is 5.97 Å². The van der Waals surface area contributed by atoms with Crippen molar-refractivity contribution in [3.8, 4) is 0 Å². The summed E-state index contributed by atoms with van der Waals surface area (Å²) in [6, 6.07) is 2.32. The van der Waals surface area contributed by atoms with E-state index in [0.717, 1.165) is 10.6 Å². The zero-order valence-corrected chi connectivity index (χ0v) is 9.14. The van der Waals surface area contributed by atoms with Crippen LogP contribution in [0.15, 0.2) is 12.1 Å². The molecule has 2 heterocycles. The SMILES string of the molecule is O=C([O-])c1nnc2ccc(F)nn12.[Na+]. The molecule has 0 saturated carbocycles. The third-order valence-corrected chi connectivity index (χ3v) is 1.41. The van der Waals surface area contributed by atoms with E-state index < -0.39 is 17.7 Å². The Balaban J connectivity index is 0.000000980. The van der Waals surface area contributed by atoms with Gasteiger partial charge in [0, 0.05) is 0 Å². The molecule has 0 radical (unpaired) electrons. The first kappa shape index (κ1) is 11.0. The number of halogens is 1. The molecule has 0 spiro atoms. The third-order valence-electron chi connectivity index (χ3n) is 1.41. The van der Waals surface area contributed by atoms with Crippen LogP contribution in [-0.2, 0) is 0 Å². The van der Waals surface area contributed by atoms with E-state index in [9.17, 15) is 14.3 Å². The Morgan fingerprint density at radius 2 is 2.14 bits per heavy atom. The summed E-state index contributed by atoms with van der Waals surface area (Å²) in [6.07, 6.45) is 0. The summed E-state index contributed by atoms with van der Waals surface area (Å²) in [5.74, 6) is -2.88. The molecule has 66 valence electrons. The van der Waals surface area contributed by atoms with Crippen molar-refractivity contribution >= 4 is 11.6 Å². The number of fused-ring (bicyclic) bond motifs is 1. The van der Waals surface area contributed by atoms with Crippen molar-refractivity contribution in [2.75, 3.05) is 0 Å². The van der Waals surface area contributed by atoms with Gasteiger partial charge in [0.25, 0.3) is 0 Å². The summed E-state index contributed by atoms with van der Waals surface area (Å²) in [5, 5.41) is 20.4. The molecule has 0 aliphatic heterocycles. The third kappa shape index (κ3) is 1.74. The number of hydrogen-bond acceptors (Lipinski definition) is 5. The van der Waals surface area contributed by atoms with Crippen molar-refractivity contribution in [3.63, 3.8) is 0 Å². The second-order valence-electron chi connectivity index (χ2n) is 2.24. The van der Waals surface area contributed by atoms with Gasteiger partial charge in [0.05, 0.1) is 0 Å². The summed E-state index contributed by atoms with van der Waals surface area (Å²) < 4.78 is 13.3. The van der Waals surface area contributed by atoms with Gasteiger partial charge in [-0.05, 0) is 12.1 Å². The molecule has 0 N–H and O–H groups in total. The Morgan fingerprint density at radius 1 is 1.43 bits per heavy atom. The smallest absolute Gasteiger partial charge is 0.541 e. The molecule has 0 aromatic carbocycles. The number of aromatic nitrogens is 4. The Labute approximate surface area is 99.0 Å². The van der Waals surface area contributed by atoms with Gasteiger partial charge < -0.3 is 9.90 Å². The number of carbonyl (C=O) groups is 1. The van der Waals surface area contributed by atoms with Gasteiger partial charge in [-0.2, -0.15) is 8.91 Å². The average Bonchev–Trinajstić information content (AvgIpc) is 2.46. The number of hydrogen-bond donors (Lipinski definition) is 0. The standard InChI is InChI=1S/C6H3FN4O2.Na/c7-3-1-2-4-8-9-5(6(12)13)11(4)10-3;/h1-2H,(H,12,13);/q;+1/p-1. The van der Waals surface area contributed by atoms with Crippen LogP contribution in [0.1, 0.15) is 10.6 Å². The molecule has 0 saturated heterocycles. The molecular weight excluding hydrogens is 202 g/mol. The molecule has 2 rings (SSSR count). The van der Waals surface area contributed by atoms with E-state index in [-0.39, 0.29) is 35.2 Å². The van der Waals surface area contributed by atoms with Crippen LogP contribution in [0.3, 0.4) is 0 Å². The Hall–Kier alpha value is -1.05. The largest absolute Gasteiger partial charge is 1.00 e. The molecule has 2 aromatic heterocycles. The Kier molecular flexibility index (Phi) is 3.14. The zero-order chi connectivity index (χ0) is 9.42. The van der Waals surface area contributed by atoms with Crippen LogP contribution in [0.4, 0.5) is 4.39 Å². The van der Waals surface area contributed by atoms with Crippen LogP contribution in [0.5, 0.6) is 0 Å². The predicted octanol–water partition coefficient (Wildman–Crippen LogP) is -4.37. The molecule has 2 aromatic rings. The number of aromatic carboxylic acids is 1. The van der Waals surface area contributed by atoms with E-state index in [1.165, 1.54) is 6.07 Å². The molecule has 0 fully saturated rings. The maximum absolute atomic E-state index is 12.6. The molecular formula is C6H2FN4NaO2. The second kappa shape index (κ2) is 3.99. The van der Waals surface area contributed by atoms with Gasteiger partial charge in [-0.15, -0.1) is 15.3 Å². The number of rotatable bonds is 1. The fourth-order valence-corrected chi connectivity index (χ4v) is 0.894. The van der Waals surface area contributed by atoms with Gasteiger partial charge in [-0.1, -0.05) is 0 Å². The first-order valence-electron chi connectivity index (χ1n) is 3.28. The minimum absolute atomic E-state index is 0. The number of carboxylic acids is 1. The summed E-state index contributed by atoms with van der Waals surface area (Å²) in [4.78, 5) is 10.4. The minimum atomic E-state index is -1.55. The number of carboxylic acid groups (broad SMARTS) is 1. The molecule has 0 atom stereocenters. The van der Waals surface area contributed by atoms with Crippen LogP contribution in [0.25, 0.3) is 5.65 Å². The van der Waals surface area contributed by atoms with Crippen molar-refractivity contribution in [1.82, 2.24) is 19.8 Å². The monoisotopic (exact) mass is 204 g/mol. The van der Waals surface area contributed by atoms with E-state index >= 15 is 0 Å². The summed E-state index contributed by atoms with van der Waals surface area (Å²) in [7, 11) is 0. The van der Waals surface area contributed by atoms with Crippen LogP contribution in [0, 0.1) is 5.95 Å². The van der Waals surface area contributed by atoms with E-state index in [4.69, 9.17) is 0 Å². The van der Waals surface area contributed by atoms with E-state index in [0.29, 0.717) is 0 Å². The van der Waals surface area contributed by atoms with E-state index in [1.54, 1.807) is 0 Å².